The highest BCUT2D eigenvalue weighted by Crippen LogP contribution is 2.18. The van der Waals surface area contributed by atoms with Crippen molar-refractivity contribution < 1.29 is 4.79 Å². The third kappa shape index (κ3) is 4.29. The molecule has 23 heavy (non-hydrogen) atoms. The number of nitrogens with zero attached hydrogens (tertiary/aromatic N) is 2. The molecule has 3 aromatic rings. The van der Waals surface area contributed by atoms with Crippen LogP contribution in [0, 0.1) is 0 Å². The first-order valence-corrected chi connectivity index (χ1v) is 8.57. The highest BCUT2D eigenvalue weighted by molar-refractivity contribution is 7.09. The van der Waals surface area contributed by atoms with Gasteiger partial charge in [-0.2, -0.15) is 5.10 Å². The van der Waals surface area contributed by atoms with E-state index in [1.807, 2.05) is 47.3 Å². The topological polar surface area (TPSA) is 46.9 Å². The molecule has 0 spiro atoms. The summed E-state index contributed by atoms with van der Waals surface area (Å²) in [6.07, 6.45) is 5.35. The number of carbonyl (C=O) groups excluding carboxylic acids is 1. The van der Waals surface area contributed by atoms with Crippen LogP contribution in [0.5, 0.6) is 0 Å². The Morgan fingerprint density at radius 2 is 2.09 bits per heavy atom. The quantitative estimate of drug-likeness (QED) is 0.677. The van der Waals surface area contributed by atoms with Crippen molar-refractivity contribution in [3.05, 3.63) is 76.2 Å². The Hall–Kier alpha value is -2.40. The van der Waals surface area contributed by atoms with E-state index in [0.29, 0.717) is 6.54 Å². The molecule has 1 amide bonds. The van der Waals surface area contributed by atoms with Gasteiger partial charge in [0.25, 0.3) is 5.91 Å². The fourth-order valence-electron chi connectivity index (χ4n) is 2.47. The van der Waals surface area contributed by atoms with Crippen LogP contribution in [0.4, 0.5) is 0 Å². The number of nitrogens with one attached hydrogen (secondary N) is 1. The average molecular weight is 325 g/mol. The summed E-state index contributed by atoms with van der Waals surface area (Å²) in [6.45, 7) is 1.45. The van der Waals surface area contributed by atoms with Gasteiger partial charge in [-0.1, -0.05) is 24.3 Å². The molecular weight excluding hydrogens is 306 g/mol. The van der Waals surface area contributed by atoms with Gasteiger partial charge >= 0.3 is 0 Å². The number of thiophene rings is 1. The van der Waals surface area contributed by atoms with Gasteiger partial charge in [0.15, 0.2) is 0 Å². The second-order valence-corrected chi connectivity index (χ2v) is 6.32. The molecule has 0 unspecified atom stereocenters. The van der Waals surface area contributed by atoms with Crippen LogP contribution in [0.3, 0.4) is 0 Å². The van der Waals surface area contributed by atoms with E-state index in [4.69, 9.17) is 0 Å². The van der Waals surface area contributed by atoms with Crippen molar-refractivity contribution in [3.8, 4) is 0 Å². The zero-order valence-corrected chi connectivity index (χ0v) is 13.6. The number of hydrogen-bond donors (Lipinski definition) is 1. The highest BCUT2D eigenvalue weighted by Gasteiger charge is 2.11. The molecule has 0 aliphatic heterocycles. The van der Waals surface area contributed by atoms with Crippen molar-refractivity contribution in [3.63, 3.8) is 0 Å². The van der Waals surface area contributed by atoms with E-state index in [0.717, 1.165) is 30.5 Å². The normalized spacial score (nSPS) is 10.6. The van der Waals surface area contributed by atoms with Crippen molar-refractivity contribution in [2.45, 2.75) is 19.4 Å². The number of benzene rings is 1. The Morgan fingerprint density at radius 1 is 1.17 bits per heavy atom. The SMILES string of the molecule is O=C(NCCCn1cccn1)c1ccccc1Cc1cccs1. The lowest BCUT2D eigenvalue weighted by atomic mass is 10.0. The number of aromatic nitrogens is 2. The lowest BCUT2D eigenvalue weighted by Crippen LogP contribution is -2.26. The van der Waals surface area contributed by atoms with Gasteiger partial charge in [0.2, 0.25) is 0 Å². The van der Waals surface area contributed by atoms with E-state index < -0.39 is 0 Å². The van der Waals surface area contributed by atoms with E-state index in [2.05, 4.69) is 21.9 Å². The third-order valence-corrected chi connectivity index (χ3v) is 4.49. The van der Waals surface area contributed by atoms with Gasteiger partial charge < -0.3 is 5.32 Å². The number of amides is 1. The first kappa shape index (κ1) is 15.5. The van der Waals surface area contributed by atoms with Crippen LogP contribution in [0.1, 0.15) is 27.2 Å². The fraction of sp³-hybridized carbons (Fsp3) is 0.222. The van der Waals surface area contributed by atoms with Crippen molar-refractivity contribution in [2.75, 3.05) is 6.54 Å². The van der Waals surface area contributed by atoms with Crippen LogP contribution >= 0.6 is 11.3 Å². The van der Waals surface area contributed by atoms with Gasteiger partial charge in [0.1, 0.15) is 0 Å². The molecule has 0 saturated carbocycles. The standard InChI is InChI=1S/C18H19N3OS/c22-18(19-9-4-11-21-12-5-10-20-21)17-8-2-1-6-15(17)14-16-7-3-13-23-16/h1-3,5-8,10,12-13H,4,9,11,14H2,(H,19,22). The first-order chi connectivity index (χ1) is 11.3. The van der Waals surface area contributed by atoms with Gasteiger partial charge in [-0.3, -0.25) is 9.48 Å². The van der Waals surface area contributed by atoms with Crippen LogP contribution in [0.15, 0.2) is 60.2 Å². The molecule has 3 rings (SSSR count). The summed E-state index contributed by atoms with van der Waals surface area (Å²) in [7, 11) is 0. The summed E-state index contributed by atoms with van der Waals surface area (Å²) in [6, 6.07) is 13.9. The maximum Gasteiger partial charge on any atom is 0.251 e. The molecule has 0 radical (unpaired) electrons. The minimum absolute atomic E-state index is 0.00220. The summed E-state index contributed by atoms with van der Waals surface area (Å²) in [5, 5.41) is 9.22. The van der Waals surface area contributed by atoms with Gasteiger partial charge in [-0.05, 0) is 35.6 Å². The van der Waals surface area contributed by atoms with Crippen LogP contribution in [0.2, 0.25) is 0 Å². The minimum Gasteiger partial charge on any atom is -0.352 e. The summed E-state index contributed by atoms with van der Waals surface area (Å²) in [5.41, 5.74) is 1.83. The average Bonchev–Trinajstić information content (AvgIpc) is 3.25. The maximum atomic E-state index is 12.4. The van der Waals surface area contributed by atoms with Crippen molar-refractivity contribution in [2.24, 2.45) is 0 Å². The Labute approximate surface area is 139 Å². The van der Waals surface area contributed by atoms with E-state index in [9.17, 15) is 4.79 Å². The summed E-state index contributed by atoms with van der Waals surface area (Å²) >= 11 is 1.72. The van der Waals surface area contributed by atoms with Crippen LogP contribution in [0.25, 0.3) is 0 Å². The molecule has 4 nitrogen and oxygen atoms in total. The molecule has 0 aliphatic rings. The molecule has 0 aliphatic carbocycles. The number of hydrogen-bond acceptors (Lipinski definition) is 3. The fourth-order valence-corrected chi connectivity index (χ4v) is 3.20. The first-order valence-electron chi connectivity index (χ1n) is 7.69. The van der Waals surface area contributed by atoms with Gasteiger partial charge in [0, 0.05) is 42.3 Å². The van der Waals surface area contributed by atoms with E-state index >= 15 is 0 Å². The number of aryl methyl sites for hydroxylation is 1. The molecule has 118 valence electrons. The molecule has 5 heteroatoms. The number of rotatable bonds is 7. The predicted molar refractivity (Wildman–Crippen MR) is 92.7 cm³/mol. The second kappa shape index (κ2) is 7.74. The molecule has 1 aromatic carbocycles. The third-order valence-electron chi connectivity index (χ3n) is 3.62. The molecule has 0 atom stereocenters. The smallest absolute Gasteiger partial charge is 0.251 e. The highest BCUT2D eigenvalue weighted by atomic mass is 32.1. The maximum absolute atomic E-state index is 12.4. The zero-order chi connectivity index (χ0) is 15.9. The Balaban J connectivity index is 1.56. The van der Waals surface area contributed by atoms with Gasteiger partial charge in [-0.25, -0.2) is 0 Å². The Morgan fingerprint density at radius 3 is 2.87 bits per heavy atom. The molecule has 0 fully saturated rings. The van der Waals surface area contributed by atoms with Gasteiger partial charge in [-0.15, -0.1) is 11.3 Å². The lowest BCUT2D eigenvalue weighted by molar-refractivity contribution is 0.0952. The summed E-state index contributed by atoms with van der Waals surface area (Å²) in [5.74, 6) is -0.00220. The van der Waals surface area contributed by atoms with Crippen LogP contribution < -0.4 is 5.32 Å². The summed E-state index contributed by atoms with van der Waals surface area (Å²) in [4.78, 5) is 13.7. The Bertz CT molecular complexity index is 735. The van der Waals surface area contributed by atoms with E-state index in [-0.39, 0.29) is 5.91 Å². The number of carbonyl (C=O) groups is 1. The zero-order valence-electron chi connectivity index (χ0n) is 12.8. The molecule has 2 aromatic heterocycles. The molecule has 0 bridgehead atoms. The van der Waals surface area contributed by atoms with Crippen molar-refractivity contribution in [1.82, 2.24) is 15.1 Å². The molecule has 2 heterocycles. The molecule has 0 saturated heterocycles. The van der Waals surface area contributed by atoms with Crippen LogP contribution in [-0.2, 0) is 13.0 Å². The van der Waals surface area contributed by atoms with E-state index in [1.165, 1.54) is 4.88 Å². The summed E-state index contributed by atoms with van der Waals surface area (Å²) < 4.78 is 1.87. The minimum atomic E-state index is -0.00220. The Kier molecular flexibility index (Phi) is 5.21. The largest absolute Gasteiger partial charge is 0.352 e. The monoisotopic (exact) mass is 325 g/mol. The lowest BCUT2D eigenvalue weighted by Gasteiger charge is -2.10. The molecular formula is C18H19N3OS. The predicted octanol–water partition coefficient (Wildman–Crippen LogP) is 3.36. The van der Waals surface area contributed by atoms with Gasteiger partial charge in [0.05, 0.1) is 0 Å². The van der Waals surface area contributed by atoms with Crippen LogP contribution in [-0.4, -0.2) is 22.2 Å². The molecule has 1 N–H and O–H groups in total. The van der Waals surface area contributed by atoms with Crippen molar-refractivity contribution in [1.29, 1.82) is 0 Å². The van der Waals surface area contributed by atoms with Crippen molar-refractivity contribution >= 4 is 17.2 Å². The second-order valence-electron chi connectivity index (χ2n) is 5.29. The van der Waals surface area contributed by atoms with E-state index in [1.54, 1.807) is 17.5 Å².